The number of nitrogens with zero attached hydrogens (tertiary/aromatic N) is 7. The lowest BCUT2D eigenvalue weighted by molar-refractivity contribution is 0.142. The summed E-state index contributed by atoms with van der Waals surface area (Å²) >= 11 is 0. The maximum absolute atomic E-state index is 11.0. The Morgan fingerprint density at radius 1 is 1.17 bits per heavy atom. The van der Waals surface area contributed by atoms with Crippen molar-refractivity contribution >= 4 is 17.6 Å². The first-order chi connectivity index (χ1) is 11.7. The minimum Gasteiger partial charge on any atom is -0.465 e. The summed E-state index contributed by atoms with van der Waals surface area (Å²) in [6, 6.07) is 3.71. The highest BCUT2D eigenvalue weighted by Crippen LogP contribution is 2.23. The third kappa shape index (κ3) is 2.49. The van der Waals surface area contributed by atoms with E-state index in [4.69, 9.17) is 10.1 Å². The Kier molecular flexibility index (Phi) is 3.45. The van der Waals surface area contributed by atoms with Crippen LogP contribution in [0.1, 0.15) is 0 Å². The Balaban J connectivity index is 1.65. The van der Waals surface area contributed by atoms with Crippen LogP contribution in [0.15, 0.2) is 37.1 Å². The molecule has 0 atom stereocenters. The van der Waals surface area contributed by atoms with Gasteiger partial charge in [-0.3, -0.25) is 0 Å². The van der Waals surface area contributed by atoms with Gasteiger partial charge in [0, 0.05) is 38.6 Å². The second-order valence-corrected chi connectivity index (χ2v) is 5.46. The molecule has 1 N–H and O–H groups in total. The molecule has 0 aromatic carbocycles. The molecule has 0 saturated carbocycles. The summed E-state index contributed by atoms with van der Waals surface area (Å²) in [6.45, 7) is 2.18. The molecular formula is C15H15N7O2. The molecule has 1 aliphatic heterocycles. The van der Waals surface area contributed by atoms with Crippen LogP contribution >= 0.6 is 0 Å². The number of hydrogen-bond acceptors (Lipinski definition) is 6. The molecule has 1 amide bonds. The van der Waals surface area contributed by atoms with Gasteiger partial charge >= 0.3 is 6.09 Å². The minimum atomic E-state index is -0.875. The van der Waals surface area contributed by atoms with E-state index in [0.29, 0.717) is 31.8 Å². The number of amides is 1. The van der Waals surface area contributed by atoms with Crippen LogP contribution in [0.25, 0.3) is 16.9 Å². The van der Waals surface area contributed by atoms with Gasteiger partial charge in [-0.1, -0.05) is 0 Å². The summed E-state index contributed by atoms with van der Waals surface area (Å²) in [7, 11) is 0. The lowest BCUT2D eigenvalue weighted by atomic mass is 10.2. The highest BCUT2D eigenvalue weighted by Gasteiger charge is 2.22. The van der Waals surface area contributed by atoms with Crippen LogP contribution < -0.4 is 4.90 Å². The molecule has 0 unspecified atom stereocenters. The average molecular weight is 325 g/mol. The molecule has 3 aromatic rings. The largest absolute Gasteiger partial charge is 0.465 e. The topological polar surface area (TPSA) is 99.8 Å². The van der Waals surface area contributed by atoms with E-state index in [9.17, 15) is 4.79 Å². The van der Waals surface area contributed by atoms with Crippen molar-refractivity contribution in [1.29, 1.82) is 0 Å². The Morgan fingerprint density at radius 3 is 2.71 bits per heavy atom. The van der Waals surface area contributed by atoms with Gasteiger partial charge in [0.05, 0.1) is 17.5 Å². The molecule has 1 aliphatic rings. The smallest absolute Gasteiger partial charge is 0.407 e. The van der Waals surface area contributed by atoms with Crippen LogP contribution in [0.4, 0.5) is 10.6 Å². The van der Waals surface area contributed by atoms with Gasteiger partial charge in [0.15, 0.2) is 5.65 Å². The van der Waals surface area contributed by atoms with Crippen molar-refractivity contribution in [3.05, 3.63) is 37.1 Å². The Labute approximate surface area is 137 Å². The number of carboxylic acid groups (broad SMARTS) is 1. The van der Waals surface area contributed by atoms with E-state index < -0.39 is 6.09 Å². The zero-order chi connectivity index (χ0) is 16.5. The fourth-order valence-corrected chi connectivity index (χ4v) is 2.79. The summed E-state index contributed by atoms with van der Waals surface area (Å²) in [5.74, 6) is 0.809. The fourth-order valence-electron chi connectivity index (χ4n) is 2.79. The predicted molar refractivity (Wildman–Crippen MR) is 85.8 cm³/mol. The molecule has 0 aliphatic carbocycles. The molecule has 9 nitrogen and oxygen atoms in total. The summed E-state index contributed by atoms with van der Waals surface area (Å²) in [4.78, 5) is 27.4. The molecule has 0 radical (unpaired) electrons. The number of anilines is 1. The lowest BCUT2D eigenvalue weighted by Gasteiger charge is -2.33. The number of fused-ring (bicyclic) bond motifs is 1. The van der Waals surface area contributed by atoms with Gasteiger partial charge in [-0.25, -0.2) is 24.3 Å². The summed E-state index contributed by atoms with van der Waals surface area (Å²) in [5.41, 5.74) is 2.32. The number of aromatic nitrogens is 5. The second kappa shape index (κ2) is 5.76. The van der Waals surface area contributed by atoms with Gasteiger partial charge in [0.1, 0.15) is 12.1 Å². The molecule has 1 fully saturated rings. The van der Waals surface area contributed by atoms with E-state index in [2.05, 4.69) is 20.0 Å². The van der Waals surface area contributed by atoms with Crippen LogP contribution in [0.3, 0.4) is 0 Å². The van der Waals surface area contributed by atoms with E-state index >= 15 is 0 Å². The summed E-state index contributed by atoms with van der Waals surface area (Å²) in [5, 5.41) is 13.3. The number of hydrogen-bond donors (Lipinski definition) is 1. The molecule has 9 heteroatoms. The Morgan fingerprint density at radius 2 is 2.00 bits per heavy atom. The summed E-state index contributed by atoms with van der Waals surface area (Å²) < 4.78 is 1.70. The van der Waals surface area contributed by atoms with Gasteiger partial charge in [-0.15, -0.1) is 0 Å². The van der Waals surface area contributed by atoms with E-state index in [0.717, 1.165) is 17.1 Å². The van der Waals surface area contributed by atoms with E-state index in [-0.39, 0.29) is 0 Å². The van der Waals surface area contributed by atoms with Crippen LogP contribution in [-0.2, 0) is 0 Å². The molecule has 4 rings (SSSR count). The van der Waals surface area contributed by atoms with E-state index in [1.165, 1.54) is 11.2 Å². The Hall–Kier alpha value is -3.23. The highest BCUT2D eigenvalue weighted by molar-refractivity contribution is 5.75. The number of rotatable bonds is 2. The monoisotopic (exact) mass is 325 g/mol. The van der Waals surface area contributed by atoms with Gasteiger partial charge in [-0.05, 0) is 12.1 Å². The van der Waals surface area contributed by atoms with E-state index in [1.54, 1.807) is 16.9 Å². The van der Waals surface area contributed by atoms with E-state index in [1.807, 2.05) is 18.3 Å². The van der Waals surface area contributed by atoms with Gasteiger partial charge < -0.3 is 14.9 Å². The van der Waals surface area contributed by atoms with Crippen molar-refractivity contribution < 1.29 is 9.90 Å². The summed E-state index contributed by atoms with van der Waals surface area (Å²) in [6.07, 6.45) is 5.89. The van der Waals surface area contributed by atoms with Crippen molar-refractivity contribution in [3.63, 3.8) is 0 Å². The molecule has 122 valence electrons. The molecular weight excluding hydrogens is 310 g/mol. The van der Waals surface area contributed by atoms with Gasteiger partial charge in [0.2, 0.25) is 0 Å². The third-order valence-corrected chi connectivity index (χ3v) is 4.09. The molecule has 0 spiro atoms. The zero-order valence-corrected chi connectivity index (χ0v) is 12.8. The van der Waals surface area contributed by atoms with Crippen molar-refractivity contribution in [3.8, 4) is 11.3 Å². The fraction of sp³-hybridized carbons (Fsp3) is 0.267. The SMILES string of the molecule is O=C(O)N1CCN(c2ccn3ncc(-c4ccncn4)c3n2)CC1. The predicted octanol–water partition coefficient (Wildman–Crippen LogP) is 0.986. The quantitative estimate of drug-likeness (QED) is 0.750. The maximum Gasteiger partial charge on any atom is 0.407 e. The lowest BCUT2D eigenvalue weighted by Crippen LogP contribution is -2.48. The number of piperazine rings is 1. The second-order valence-electron chi connectivity index (χ2n) is 5.46. The normalized spacial score (nSPS) is 15.0. The van der Waals surface area contributed by atoms with Crippen LogP contribution in [0, 0.1) is 0 Å². The van der Waals surface area contributed by atoms with Crippen molar-refractivity contribution in [2.45, 2.75) is 0 Å². The average Bonchev–Trinajstić information content (AvgIpc) is 3.05. The molecule has 4 heterocycles. The standard InChI is InChI=1S/C15H15N7O2/c23-15(24)21-7-5-20(6-8-21)13-2-4-22-14(19-13)11(9-18-22)12-1-3-16-10-17-12/h1-4,9-10H,5-8H2,(H,23,24). The van der Waals surface area contributed by atoms with Crippen LogP contribution in [0.5, 0.6) is 0 Å². The van der Waals surface area contributed by atoms with Gasteiger partial charge in [-0.2, -0.15) is 5.10 Å². The molecule has 1 saturated heterocycles. The molecule has 3 aromatic heterocycles. The maximum atomic E-state index is 11.0. The first kappa shape index (κ1) is 14.4. The minimum absolute atomic E-state index is 0.472. The highest BCUT2D eigenvalue weighted by atomic mass is 16.4. The van der Waals surface area contributed by atoms with Crippen molar-refractivity contribution in [1.82, 2.24) is 29.5 Å². The van der Waals surface area contributed by atoms with Crippen molar-refractivity contribution in [2.24, 2.45) is 0 Å². The number of carbonyl (C=O) groups is 1. The Bertz CT molecular complexity index is 872. The molecule has 0 bridgehead atoms. The zero-order valence-electron chi connectivity index (χ0n) is 12.8. The van der Waals surface area contributed by atoms with Crippen LogP contribution in [0.2, 0.25) is 0 Å². The first-order valence-corrected chi connectivity index (χ1v) is 7.56. The van der Waals surface area contributed by atoms with Gasteiger partial charge in [0.25, 0.3) is 0 Å². The van der Waals surface area contributed by atoms with Crippen molar-refractivity contribution in [2.75, 3.05) is 31.1 Å². The molecule has 24 heavy (non-hydrogen) atoms. The van der Waals surface area contributed by atoms with Crippen LogP contribution in [-0.4, -0.2) is 66.8 Å². The third-order valence-electron chi connectivity index (χ3n) is 4.09. The first-order valence-electron chi connectivity index (χ1n) is 7.56.